The van der Waals surface area contributed by atoms with Crippen molar-refractivity contribution in [2.75, 3.05) is 0 Å². The van der Waals surface area contributed by atoms with Crippen molar-refractivity contribution in [1.29, 1.82) is 0 Å². The van der Waals surface area contributed by atoms with Crippen LogP contribution in [0.5, 0.6) is 11.5 Å². The molecule has 0 bridgehead atoms. The molecule has 0 aliphatic heterocycles. The summed E-state index contributed by atoms with van der Waals surface area (Å²) >= 11 is 3.25. The van der Waals surface area contributed by atoms with Crippen LogP contribution in [0.3, 0.4) is 0 Å². The molecule has 0 aliphatic rings. The van der Waals surface area contributed by atoms with Crippen molar-refractivity contribution >= 4 is 57.7 Å². The van der Waals surface area contributed by atoms with Gasteiger partial charge >= 0.3 is 31.3 Å². The predicted molar refractivity (Wildman–Crippen MR) is 143 cm³/mol. The maximum atomic E-state index is 12.2. The van der Waals surface area contributed by atoms with Crippen molar-refractivity contribution in [1.82, 2.24) is 0 Å². The van der Waals surface area contributed by atoms with Crippen molar-refractivity contribution in [3.05, 3.63) is 82.8 Å². The van der Waals surface area contributed by atoms with Gasteiger partial charge < -0.3 is 8.37 Å². The zero-order chi connectivity index (χ0) is 30.5. The average Bonchev–Trinajstić information content (AvgIpc) is 2.84. The number of aryl methyl sites for hydroxylation is 1. The van der Waals surface area contributed by atoms with E-state index >= 15 is 0 Å². The normalized spacial score (nSPS) is 12.2. The third-order valence-electron chi connectivity index (χ3n) is 4.72. The van der Waals surface area contributed by atoms with Gasteiger partial charge in [-0.15, -0.1) is 0 Å². The van der Waals surface area contributed by atoms with E-state index in [1.807, 2.05) is 26.8 Å². The smallest absolute Gasteiger partial charge is 0.376 e. The highest BCUT2D eigenvalue weighted by Crippen LogP contribution is 2.30. The van der Waals surface area contributed by atoms with Gasteiger partial charge in [-0.2, -0.15) is 43.2 Å². The molecule has 0 saturated carbocycles. The molecule has 0 spiro atoms. The van der Waals surface area contributed by atoms with Crippen LogP contribution in [0.25, 0.3) is 21.5 Å². The lowest BCUT2D eigenvalue weighted by Crippen LogP contribution is -2.28. The van der Waals surface area contributed by atoms with Crippen LogP contribution in [0.4, 0.5) is 26.3 Å². The maximum Gasteiger partial charge on any atom is 0.534 e. The highest BCUT2D eigenvalue weighted by Gasteiger charge is 2.49. The molecule has 0 N–H and O–H groups in total. The quantitative estimate of drug-likeness (QED) is 0.123. The topological polar surface area (TPSA) is 86.7 Å². The molecule has 4 aromatic rings. The average molecular weight is 675 g/mol. The van der Waals surface area contributed by atoms with E-state index in [1.165, 1.54) is 30.3 Å². The minimum atomic E-state index is -5.64. The first-order chi connectivity index (χ1) is 18.4. The van der Waals surface area contributed by atoms with Gasteiger partial charge in [0.1, 0.15) is 11.5 Å². The highest BCUT2D eigenvalue weighted by molar-refractivity contribution is 9.10. The molecule has 0 atom stereocenters. The predicted octanol–water partition coefficient (Wildman–Crippen LogP) is 8.23. The van der Waals surface area contributed by atoms with E-state index in [9.17, 15) is 43.2 Å². The minimum absolute atomic E-state index is 0.367. The SMILES string of the molecule is CC.Cc1ccc2cc(OS(=O)(=O)C(F)(F)F)ccc2c1.O=S(=O)(Oc1ccc2cc(Br)ccc2c1)C(F)(F)F. The number of rotatable bonds is 4. The molecule has 0 heterocycles. The fourth-order valence-corrected chi connectivity index (χ4v) is 4.27. The van der Waals surface area contributed by atoms with E-state index in [0.717, 1.165) is 26.9 Å². The molecular weight excluding hydrogens is 654 g/mol. The van der Waals surface area contributed by atoms with E-state index in [-0.39, 0.29) is 11.5 Å². The van der Waals surface area contributed by atoms with E-state index in [0.29, 0.717) is 10.8 Å². The van der Waals surface area contributed by atoms with Crippen LogP contribution in [-0.2, 0) is 20.2 Å². The lowest BCUT2D eigenvalue weighted by atomic mass is 10.1. The Balaban J connectivity index is 0.000000264. The number of hydrogen-bond acceptors (Lipinski definition) is 6. The summed E-state index contributed by atoms with van der Waals surface area (Å²) in [7, 11) is -11.3. The molecule has 0 fully saturated rings. The Morgan fingerprint density at radius 1 is 0.575 bits per heavy atom. The fourth-order valence-electron chi connectivity index (χ4n) is 2.99. The Morgan fingerprint density at radius 2 is 0.925 bits per heavy atom. The molecule has 4 aromatic carbocycles. The molecule has 0 unspecified atom stereocenters. The van der Waals surface area contributed by atoms with Crippen molar-refractivity contribution in [3.8, 4) is 11.5 Å². The van der Waals surface area contributed by atoms with Crippen LogP contribution < -0.4 is 8.37 Å². The van der Waals surface area contributed by atoms with Gasteiger partial charge in [-0.1, -0.05) is 71.7 Å². The van der Waals surface area contributed by atoms with Crippen LogP contribution in [-0.4, -0.2) is 27.9 Å². The number of benzene rings is 4. The molecule has 0 radical (unpaired) electrons. The Morgan fingerprint density at radius 3 is 1.35 bits per heavy atom. The first kappa shape index (κ1) is 33.2. The van der Waals surface area contributed by atoms with Gasteiger partial charge in [0.25, 0.3) is 0 Å². The van der Waals surface area contributed by atoms with E-state index in [1.54, 1.807) is 30.3 Å². The summed E-state index contributed by atoms with van der Waals surface area (Å²) in [5, 5.41) is 2.70. The van der Waals surface area contributed by atoms with Crippen LogP contribution in [0, 0.1) is 6.92 Å². The largest absolute Gasteiger partial charge is 0.534 e. The molecule has 40 heavy (non-hydrogen) atoms. The summed E-state index contributed by atoms with van der Waals surface area (Å²) in [6, 6.07) is 18.1. The zero-order valence-electron chi connectivity index (χ0n) is 20.8. The highest BCUT2D eigenvalue weighted by atomic mass is 79.9. The fraction of sp³-hybridized carbons (Fsp3) is 0.200. The van der Waals surface area contributed by atoms with Gasteiger partial charge in [-0.3, -0.25) is 0 Å². The van der Waals surface area contributed by atoms with Gasteiger partial charge in [-0.25, -0.2) is 0 Å². The molecule has 0 amide bonds. The van der Waals surface area contributed by atoms with Gasteiger partial charge in [0.2, 0.25) is 0 Å². The van der Waals surface area contributed by atoms with Crippen LogP contribution in [0.2, 0.25) is 0 Å². The molecule has 6 nitrogen and oxygen atoms in total. The summed E-state index contributed by atoms with van der Waals surface area (Å²) in [4.78, 5) is 0. The van der Waals surface area contributed by atoms with Gasteiger partial charge in [-0.05, 0) is 64.9 Å². The van der Waals surface area contributed by atoms with E-state index in [4.69, 9.17) is 0 Å². The summed E-state index contributed by atoms with van der Waals surface area (Å²) in [5.41, 5.74) is -9.89. The standard InChI is InChI=1S/C12H9F3O3S.C11H6BrF3O3S.C2H6/c1-8-2-3-10-7-11(5-4-9(10)6-8)18-19(16,17)12(13,14)15;12-9-3-1-8-6-10(4-2-7(8)5-9)18-19(16,17)11(13,14)15;1-2/h2-7H,1H3;1-6H;1-2H3. The number of hydrogen-bond donors (Lipinski definition) is 0. The summed E-state index contributed by atoms with van der Waals surface area (Å²) in [6.07, 6.45) is 0. The van der Waals surface area contributed by atoms with Gasteiger partial charge in [0.15, 0.2) is 0 Å². The summed E-state index contributed by atoms with van der Waals surface area (Å²) < 4.78 is 125. The molecule has 4 rings (SSSR count). The number of alkyl halides is 6. The first-order valence-electron chi connectivity index (χ1n) is 11.1. The second kappa shape index (κ2) is 12.6. The van der Waals surface area contributed by atoms with Crippen LogP contribution in [0.15, 0.2) is 77.3 Å². The van der Waals surface area contributed by atoms with Gasteiger partial charge in [0.05, 0.1) is 0 Å². The summed E-state index contributed by atoms with van der Waals surface area (Å²) in [5.74, 6) is -0.749. The van der Waals surface area contributed by atoms with E-state index in [2.05, 4.69) is 24.3 Å². The molecule has 15 heteroatoms. The lowest BCUT2D eigenvalue weighted by molar-refractivity contribution is -0.0504. The number of halogens is 7. The molecule has 0 aliphatic carbocycles. The van der Waals surface area contributed by atoms with Gasteiger partial charge in [0, 0.05) is 4.47 Å². The molecule has 218 valence electrons. The van der Waals surface area contributed by atoms with Crippen LogP contribution >= 0.6 is 15.9 Å². The molecule has 0 aromatic heterocycles. The summed E-state index contributed by atoms with van der Waals surface area (Å²) in [6.45, 7) is 5.87. The first-order valence-corrected chi connectivity index (χ1v) is 14.7. The van der Waals surface area contributed by atoms with Crippen molar-refractivity contribution < 1.29 is 51.5 Å². The van der Waals surface area contributed by atoms with Crippen molar-refractivity contribution in [2.45, 2.75) is 31.8 Å². The molecule has 0 saturated heterocycles. The number of fused-ring (bicyclic) bond motifs is 2. The Labute approximate surface area is 234 Å². The monoisotopic (exact) mass is 674 g/mol. The Bertz CT molecular complexity index is 1580. The lowest BCUT2D eigenvalue weighted by Gasteiger charge is -2.10. The van der Waals surface area contributed by atoms with Crippen LogP contribution in [0.1, 0.15) is 19.4 Å². The van der Waals surface area contributed by atoms with Crippen molar-refractivity contribution in [2.24, 2.45) is 0 Å². The Kier molecular flexibility index (Phi) is 10.5. The zero-order valence-corrected chi connectivity index (χ0v) is 24.1. The Hall–Kier alpha value is -3.04. The second-order valence-electron chi connectivity index (χ2n) is 7.63. The third kappa shape index (κ3) is 8.48. The van der Waals surface area contributed by atoms with Crippen molar-refractivity contribution in [3.63, 3.8) is 0 Å². The maximum absolute atomic E-state index is 12.2. The minimum Gasteiger partial charge on any atom is -0.376 e. The second-order valence-corrected chi connectivity index (χ2v) is 11.6. The molecular formula is C25H21BrF6O6S2. The van der Waals surface area contributed by atoms with E-state index < -0.39 is 31.3 Å². The third-order valence-corrected chi connectivity index (χ3v) is 7.17.